The van der Waals surface area contributed by atoms with Gasteiger partial charge >= 0.3 is 6.09 Å². The molecule has 3 N–H and O–H groups in total. The Morgan fingerprint density at radius 1 is 1.15 bits per heavy atom. The minimum absolute atomic E-state index is 0.0906. The Hall–Kier alpha value is -3.04. The van der Waals surface area contributed by atoms with E-state index in [1.807, 2.05) is 36.4 Å². The number of aryl methyl sites for hydroxylation is 1. The second-order valence-electron chi connectivity index (χ2n) is 9.60. The van der Waals surface area contributed by atoms with E-state index in [0.29, 0.717) is 18.0 Å². The first-order valence-electron chi connectivity index (χ1n) is 12.1. The molecule has 6 heteroatoms. The first-order valence-corrected chi connectivity index (χ1v) is 12.1. The number of hydrogen-bond acceptors (Lipinski definition) is 4. The molecule has 1 amide bonds. The van der Waals surface area contributed by atoms with Crippen LogP contribution in [-0.2, 0) is 6.42 Å². The van der Waals surface area contributed by atoms with Crippen molar-refractivity contribution in [3.63, 3.8) is 0 Å². The number of amides is 1. The van der Waals surface area contributed by atoms with Crippen LogP contribution in [0.1, 0.15) is 55.2 Å². The fraction of sp³-hybridized carbons (Fsp3) is 0.481. The molecule has 1 saturated carbocycles. The third kappa shape index (κ3) is 5.48. The molecule has 33 heavy (non-hydrogen) atoms. The zero-order valence-corrected chi connectivity index (χ0v) is 19.4. The van der Waals surface area contributed by atoms with Gasteiger partial charge < -0.3 is 20.6 Å². The van der Waals surface area contributed by atoms with E-state index in [2.05, 4.69) is 40.7 Å². The SMILES string of the molecule is Cc1ccccc1CC1(NC(=O)O)CCCCC1NC1CCCN(c2ccc(C#N)cc2)C1. The van der Waals surface area contributed by atoms with E-state index >= 15 is 0 Å². The van der Waals surface area contributed by atoms with Crippen LogP contribution in [-0.4, -0.2) is 41.9 Å². The number of hydrogen-bond donors (Lipinski definition) is 3. The van der Waals surface area contributed by atoms with Gasteiger partial charge in [0.05, 0.1) is 17.2 Å². The monoisotopic (exact) mass is 446 g/mol. The van der Waals surface area contributed by atoms with Crippen molar-refractivity contribution in [2.45, 2.75) is 69.5 Å². The largest absolute Gasteiger partial charge is 0.465 e. The van der Waals surface area contributed by atoms with Crippen molar-refractivity contribution in [1.82, 2.24) is 10.6 Å². The number of carbonyl (C=O) groups is 1. The molecule has 3 atom stereocenters. The van der Waals surface area contributed by atoms with Crippen molar-refractivity contribution in [3.05, 3.63) is 65.2 Å². The Labute approximate surface area is 196 Å². The molecule has 0 radical (unpaired) electrons. The minimum atomic E-state index is -0.944. The van der Waals surface area contributed by atoms with Gasteiger partial charge in [0.1, 0.15) is 0 Å². The Balaban J connectivity index is 1.52. The molecule has 1 aliphatic carbocycles. The molecule has 2 aromatic rings. The van der Waals surface area contributed by atoms with Gasteiger partial charge in [0.25, 0.3) is 0 Å². The quantitative estimate of drug-likeness (QED) is 0.603. The van der Waals surface area contributed by atoms with Crippen molar-refractivity contribution in [3.8, 4) is 6.07 Å². The maximum absolute atomic E-state index is 11.9. The molecule has 2 aliphatic rings. The highest BCUT2D eigenvalue weighted by Gasteiger charge is 2.43. The van der Waals surface area contributed by atoms with Gasteiger partial charge in [0.15, 0.2) is 0 Å². The predicted molar refractivity (Wildman–Crippen MR) is 131 cm³/mol. The molecule has 1 heterocycles. The molecule has 0 spiro atoms. The van der Waals surface area contributed by atoms with Gasteiger partial charge in [-0.2, -0.15) is 5.26 Å². The molecular formula is C27H34N4O2. The summed E-state index contributed by atoms with van der Waals surface area (Å²) in [6.07, 6.45) is 5.89. The Bertz CT molecular complexity index is 1000. The van der Waals surface area contributed by atoms with E-state index in [0.717, 1.165) is 57.3 Å². The van der Waals surface area contributed by atoms with Gasteiger partial charge in [-0.25, -0.2) is 4.79 Å². The topological polar surface area (TPSA) is 88.4 Å². The normalized spacial score (nSPS) is 25.3. The summed E-state index contributed by atoms with van der Waals surface area (Å²) in [6, 6.07) is 18.7. The van der Waals surface area contributed by atoms with E-state index in [-0.39, 0.29) is 6.04 Å². The lowest BCUT2D eigenvalue weighted by Gasteiger charge is -2.47. The highest BCUT2D eigenvalue weighted by Crippen LogP contribution is 2.34. The summed E-state index contributed by atoms with van der Waals surface area (Å²) in [5.41, 5.74) is 3.72. The van der Waals surface area contributed by atoms with Crippen LogP contribution in [0.2, 0.25) is 0 Å². The standard InChI is InChI=1S/C27H34N4O2/c1-20-7-2-3-8-22(20)17-27(30-26(32)33)15-5-4-10-25(27)29-23-9-6-16-31(19-23)24-13-11-21(18-28)12-14-24/h2-3,7-8,11-14,23,25,29-30H,4-6,9-10,15-17,19H2,1H3,(H,32,33). The second-order valence-corrected chi connectivity index (χ2v) is 9.60. The van der Waals surface area contributed by atoms with Gasteiger partial charge in [0, 0.05) is 30.9 Å². The number of piperidine rings is 1. The van der Waals surface area contributed by atoms with Crippen LogP contribution in [0.15, 0.2) is 48.5 Å². The second kappa shape index (κ2) is 10.3. The number of carboxylic acid groups (broad SMARTS) is 1. The van der Waals surface area contributed by atoms with Crippen LogP contribution < -0.4 is 15.5 Å². The van der Waals surface area contributed by atoms with Crippen LogP contribution in [0.25, 0.3) is 0 Å². The Morgan fingerprint density at radius 2 is 1.94 bits per heavy atom. The fourth-order valence-electron chi connectivity index (χ4n) is 5.63. The average Bonchev–Trinajstić information content (AvgIpc) is 2.82. The van der Waals surface area contributed by atoms with Crippen LogP contribution >= 0.6 is 0 Å². The van der Waals surface area contributed by atoms with Gasteiger partial charge in [0.2, 0.25) is 0 Å². The summed E-state index contributed by atoms with van der Waals surface area (Å²) in [5.74, 6) is 0. The first kappa shape index (κ1) is 23.1. The van der Waals surface area contributed by atoms with E-state index < -0.39 is 11.6 Å². The first-order chi connectivity index (χ1) is 16.0. The zero-order chi connectivity index (χ0) is 23.3. The molecule has 1 aliphatic heterocycles. The predicted octanol–water partition coefficient (Wildman–Crippen LogP) is 4.62. The summed E-state index contributed by atoms with van der Waals surface area (Å²) in [7, 11) is 0. The molecular weight excluding hydrogens is 412 g/mol. The van der Waals surface area contributed by atoms with Crippen molar-refractivity contribution in [2.24, 2.45) is 0 Å². The lowest BCUT2D eigenvalue weighted by atomic mass is 9.72. The van der Waals surface area contributed by atoms with E-state index in [4.69, 9.17) is 5.26 Å². The molecule has 174 valence electrons. The highest BCUT2D eigenvalue weighted by molar-refractivity contribution is 5.66. The fourth-order valence-corrected chi connectivity index (χ4v) is 5.63. The molecule has 2 fully saturated rings. The maximum atomic E-state index is 11.9. The van der Waals surface area contributed by atoms with Gasteiger partial charge in [-0.15, -0.1) is 0 Å². The molecule has 6 nitrogen and oxygen atoms in total. The average molecular weight is 447 g/mol. The smallest absolute Gasteiger partial charge is 0.405 e. The minimum Gasteiger partial charge on any atom is -0.465 e. The number of benzene rings is 2. The highest BCUT2D eigenvalue weighted by atomic mass is 16.4. The van der Waals surface area contributed by atoms with Crippen LogP contribution in [0, 0.1) is 18.3 Å². The zero-order valence-electron chi connectivity index (χ0n) is 19.4. The van der Waals surface area contributed by atoms with Crippen molar-refractivity contribution < 1.29 is 9.90 Å². The lowest BCUT2D eigenvalue weighted by Crippen LogP contribution is -2.66. The molecule has 0 aromatic heterocycles. The van der Waals surface area contributed by atoms with E-state index in [1.54, 1.807) is 0 Å². The summed E-state index contributed by atoms with van der Waals surface area (Å²) in [5, 5.41) is 25.7. The van der Waals surface area contributed by atoms with Gasteiger partial charge in [-0.1, -0.05) is 37.1 Å². The summed E-state index contributed by atoms with van der Waals surface area (Å²) >= 11 is 0. The maximum Gasteiger partial charge on any atom is 0.405 e. The molecule has 1 saturated heterocycles. The Kier molecular flexibility index (Phi) is 7.20. The summed E-state index contributed by atoms with van der Waals surface area (Å²) in [6.45, 7) is 3.98. The van der Waals surface area contributed by atoms with Crippen LogP contribution in [0.3, 0.4) is 0 Å². The summed E-state index contributed by atoms with van der Waals surface area (Å²) < 4.78 is 0. The number of nitriles is 1. The third-order valence-electron chi connectivity index (χ3n) is 7.38. The van der Waals surface area contributed by atoms with Gasteiger partial charge in [-0.3, -0.25) is 0 Å². The number of nitrogens with one attached hydrogen (secondary N) is 2. The number of rotatable bonds is 6. The molecule has 3 unspecified atom stereocenters. The van der Waals surface area contributed by atoms with Crippen molar-refractivity contribution in [2.75, 3.05) is 18.0 Å². The van der Waals surface area contributed by atoms with E-state index in [1.165, 1.54) is 11.1 Å². The number of anilines is 1. The lowest BCUT2D eigenvalue weighted by molar-refractivity contribution is 0.130. The van der Waals surface area contributed by atoms with Crippen LogP contribution in [0.4, 0.5) is 10.5 Å². The van der Waals surface area contributed by atoms with Gasteiger partial charge in [-0.05, 0) is 74.4 Å². The molecule has 0 bridgehead atoms. The Morgan fingerprint density at radius 3 is 2.67 bits per heavy atom. The van der Waals surface area contributed by atoms with Crippen LogP contribution in [0.5, 0.6) is 0 Å². The molecule has 4 rings (SSSR count). The van der Waals surface area contributed by atoms with Crippen molar-refractivity contribution in [1.29, 1.82) is 5.26 Å². The number of nitrogens with zero attached hydrogens (tertiary/aromatic N) is 2. The summed E-state index contributed by atoms with van der Waals surface area (Å²) in [4.78, 5) is 14.3. The molecule has 2 aromatic carbocycles. The van der Waals surface area contributed by atoms with Crippen molar-refractivity contribution >= 4 is 11.8 Å². The van der Waals surface area contributed by atoms with E-state index in [9.17, 15) is 9.90 Å². The third-order valence-corrected chi connectivity index (χ3v) is 7.38.